The molecular weight excluding hydrogens is 226 g/mol. The molecule has 0 aliphatic rings. The molecule has 4 heteroatoms. The second-order valence-electron chi connectivity index (χ2n) is 4.74. The van der Waals surface area contributed by atoms with E-state index in [2.05, 4.69) is 16.4 Å². The van der Waals surface area contributed by atoms with Crippen LogP contribution in [0.4, 0.5) is 5.69 Å². The number of hydrogen-bond acceptors (Lipinski definition) is 4. The lowest BCUT2D eigenvalue weighted by Crippen LogP contribution is -2.08. The molecule has 0 aliphatic carbocycles. The first-order valence-corrected chi connectivity index (χ1v) is 6.31. The van der Waals surface area contributed by atoms with Gasteiger partial charge in [0.25, 0.3) is 0 Å². The van der Waals surface area contributed by atoms with E-state index in [1.54, 1.807) is 0 Å². The minimum absolute atomic E-state index is 0.233. The lowest BCUT2D eigenvalue weighted by Gasteiger charge is -2.12. The fourth-order valence-electron chi connectivity index (χ4n) is 1.87. The lowest BCUT2D eigenvalue weighted by atomic mass is 10.1. The molecule has 1 heterocycles. The maximum atomic E-state index is 9.11. The summed E-state index contributed by atoms with van der Waals surface area (Å²) in [5.74, 6) is 0.336. The molecule has 0 amide bonds. The topological polar surface area (TPSA) is 68.9 Å². The third-order valence-corrected chi connectivity index (χ3v) is 2.94. The Morgan fingerprint density at radius 1 is 1.50 bits per heavy atom. The molecular formula is C14H21N3O. The number of nitrogens with one attached hydrogen (secondary N) is 1. The molecule has 2 N–H and O–H groups in total. The number of aryl methyl sites for hydroxylation is 2. The molecule has 0 fully saturated rings. The number of aromatic nitrogens is 1. The van der Waals surface area contributed by atoms with Crippen molar-refractivity contribution < 1.29 is 5.11 Å². The van der Waals surface area contributed by atoms with Gasteiger partial charge in [0.1, 0.15) is 6.07 Å². The Morgan fingerprint density at radius 2 is 2.22 bits per heavy atom. The highest BCUT2D eigenvalue weighted by Gasteiger charge is 2.07. The van der Waals surface area contributed by atoms with Crippen molar-refractivity contribution in [3.05, 3.63) is 23.0 Å². The molecule has 18 heavy (non-hydrogen) atoms. The van der Waals surface area contributed by atoms with Crippen LogP contribution < -0.4 is 5.32 Å². The summed E-state index contributed by atoms with van der Waals surface area (Å²) >= 11 is 0. The molecule has 1 aromatic heterocycles. The number of aliphatic hydroxyl groups excluding tert-OH is 1. The van der Waals surface area contributed by atoms with Gasteiger partial charge in [-0.3, -0.25) is 4.98 Å². The Balaban J connectivity index is 2.60. The number of aliphatic hydroxyl groups is 1. The Hall–Kier alpha value is -1.60. The van der Waals surface area contributed by atoms with Crippen LogP contribution in [-0.4, -0.2) is 23.2 Å². The van der Waals surface area contributed by atoms with E-state index < -0.39 is 0 Å². The van der Waals surface area contributed by atoms with Crippen molar-refractivity contribution in [2.24, 2.45) is 5.92 Å². The van der Waals surface area contributed by atoms with Crippen molar-refractivity contribution >= 4 is 5.69 Å². The van der Waals surface area contributed by atoms with E-state index in [9.17, 15) is 0 Å². The zero-order valence-electron chi connectivity index (χ0n) is 11.3. The maximum Gasteiger partial charge on any atom is 0.103 e. The molecule has 1 atom stereocenters. The summed E-state index contributed by atoms with van der Waals surface area (Å²) in [5.41, 5.74) is 3.16. The van der Waals surface area contributed by atoms with Crippen LogP contribution in [0, 0.1) is 31.1 Å². The molecule has 0 saturated carbocycles. The molecule has 0 radical (unpaired) electrons. The van der Waals surface area contributed by atoms with Crippen LogP contribution >= 0.6 is 0 Å². The van der Waals surface area contributed by atoms with Gasteiger partial charge < -0.3 is 10.4 Å². The van der Waals surface area contributed by atoms with Gasteiger partial charge >= 0.3 is 0 Å². The van der Waals surface area contributed by atoms with Crippen LogP contribution in [0.15, 0.2) is 6.07 Å². The van der Waals surface area contributed by atoms with Crippen LogP contribution in [0.5, 0.6) is 0 Å². The molecule has 0 spiro atoms. The fourth-order valence-corrected chi connectivity index (χ4v) is 1.87. The summed E-state index contributed by atoms with van der Waals surface area (Å²) < 4.78 is 0. The average molecular weight is 247 g/mol. The third kappa shape index (κ3) is 4.01. The van der Waals surface area contributed by atoms with Gasteiger partial charge in [-0.05, 0) is 38.7 Å². The van der Waals surface area contributed by atoms with Crippen LogP contribution in [0.3, 0.4) is 0 Å². The molecule has 0 aromatic carbocycles. The van der Waals surface area contributed by atoms with Crippen molar-refractivity contribution in [2.45, 2.75) is 33.6 Å². The zero-order valence-corrected chi connectivity index (χ0v) is 11.3. The highest BCUT2D eigenvalue weighted by Crippen LogP contribution is 2.18. The van der Waals surface area contributed by atoms with E-state index in [0.717, 1.165) is 36.5 Å². The van der Waals surface area contributed by atoms with Crippen molar-refractivity contribution in [1.82, 2.24) is 4.98 Å². The highest BCUT2D eigenvalue weighted by molar-refractivity contribution is 5.59. The van der Waals surface area contributed by atoms with Crippen LogP contribution in [0.25, 0.3) is 0 Å². The highest BCUT2D eigenvalue weighted by atomic mass is 16.3. The average Bonchev–Trinajstić information content (AvgIpc) is 2.33. The lowest BCUT2D eigenvalue weighted by molar-refractivity contribution is 0.229. The smallest absolute Gasteiger partial charge is 0.103 e. The monoisotopic (exact) mass is 247 g/mol. The third-order valence-electron chi connectivity index (χ3n) is 2.94. The van der Waals surface area contributed by atoms with Gasteiger partial charge in [-0.2, -0.15) is 5.26 Å². The van der Waals surface area contributed by atoms with E-state index >= 15 is 0 Å². The molecule has 0 bridgehead atoms. The van der Waals surface area contributed by atoms with E-state index in [-0.39, 0.29) is 6.61 Å². The Morgan fingerprint density at radius 3 is 2.83 bits per heavy atom. The predicted molar refractivity (Wildman–Crippen MR) is 72.4 cm³/mol. The number of hydrogen-bond donors (Lipinski definition) is 2. The summed E-state index contributed by atoms with van der Waals surface area (Å²) in [6, 6.07) is 4.09. The fraction of sp³-hybridized carbons (Fsp3) is 0.571. The molecule has 98 valence electrons. The normalized spacial score (nSPS) is 11.9. The van der Waals surface area contributed by atoms with Gasteiger partial charge in [-0.25, -0.2) is 0 Å². The quantitative estimate of drug-likeness (QED) is 0.757. The van der Waals surface area contributed by atoms with Crippen molar-refractivity contribution in [1.29, 1.82) is 5.26 Å². The SMILES string of the molecule is Cc1cc(NCCCC(C)CO)c(C#N)c(C)n1. The molecule has 4 nitrogen and oxygen atoms in total. The van der Waals surface area contributed by atoms with Crippen LogP contribution in [-0.2, 0) is 0 Å². The Bertz CT molecular complexity index is 437. The van der Waals surface area contributed by atoms with Gasteiger partial charge in [0.15, 0.2) is 0 Å². The molecule has 1 unspecified atom stereocenters. The number of anilines is 1. The van der Waals surface area contributed by atoms with E-state index in [1.165, 1.54) is 0 Å². The zero-order chi connectivity index (χ0) is 13.5. The standard InChI is InChI=1S/C14H21N3O/c1-10(9-18)5-4-6-16-14-7-11(2)17-12(3)13(14)8-15/h7,10,18H,4-6,9H2,1-3H3,(H,16,17). The molecule has 0 saturated heterocycles. The van der Waals surface area contributed by atoms with Crippen molar-refractivity contribution in [3.63, 3.8) is 0 Å². The second kappa shape index (κ2) is 6.97. The summed E-state index contributed by atoms with van der Waals surface area (Å²) in [6.07, 6.45) is 1.96. The summed E-state index contributed by atoms with van der Waals surface area (Å²) in [4.78, 5) is 4.28. The summed E-state index contributed by atoms with van der Waals surface area (Å²) in [7, 11) is 0. The summed E-state index contributed by atoms with van der Waals surface area (Å²) in [6.45, 7) is 6.85. The first-order valence-electron chi connectivity index (χ1n) is 6.31. The minimum Gasteiger partial charge on any atom is -0.396 e. The number of rotatable bonds is 6. The summed E-state index contributed by atoms with van der Waals surface area (Å²) in [5, 5.41) is 21.3. The minimum atomic E-state index is 0.233. The van der Waals surface area contributed by atoms with E-state index in [0.29, 0.717) is 11.5 Å². The largest absolute Gasteiger partial charge is 0.396 e. The van der Waals surface area contributed by atoms with E-state index in [1.807, 2.05) is 26.8 Å². The Kier molecular flexibility index (Phi) is 5.60. The first-order chi connectivity index (χ1) is 8.58. The van der Waals surface area contributed by atoms with Gasteiger partial charge in [0, 0.05) is 18.8 Å². The van der Waals surface area contributed by atoms with E-state index in [4.69, 9.17) is 10.4 Å². The molecule has 0 aliphatic heterocycles. The predicted octanol–water partition coefficient (Wildman–Crippen LogP) is 2.39. The number of nitriles is 1. The first kappa shape index (κ1) is 14.5. The van der Waals surface area contributed by atoms with Gasteiger partial charge in [0.05, 0.1) is 16.9 Å². The Labute approximate surface area is 109 Å². The van der Waals surface area contributed by atoms with Gasteiger partial charge in [-0.1, -0.05) is 6.92 Å². The van der Waals surface area contributed by atoms with Crippen molar-refractivity contribution in [3.8, 4) is 6.07 Å². The number of pyridine rings is 1. The van der Waals surface area contributed by atoms with Gasteiger partial charge in [-0.15, -0.1) is 0 Å². The van der Waals surface area contributed by atoms with Crippen LogP contribution in [0.2, 0.25) is 0 Å². The number of nitrogens with zero attached hydrogens (tertiary/aromatic N) is 2. The maximum absolute atomic E-state index is 9.11. The second-order valence-corrected chi connectivity index (χ2v) is 4.74. The van der Waals surface area contributed by atoms with Crippen LogP contribution in [0.1, 0.15) is 36.7 Å². The molecule has 1 rings (SSSR count). The van der Waals surface area contributed by atoms with Crippen molar-refractivity contribution in [2.75, 3.05) is 18.5 Å². The molecule has 1 aromatic rings. The van der Waals surface area contributed by atoms with Gasteiger partial charge in [0.2, 0.25) is 0 Å².